The number of hydrogen-bond acceptors (Lipinski definition) is 5. The molecule has 5 atom stereocenters. The number of methoxy groups -OCH3 is 2. The summed E-state index contributed by atoms with van der Waals surface area (Å²) in [4.78, 5) is 20.2. The van der Waals surface area contributed by atoms with E-state index in [0.29, 0.717) is 11.8 Å². The van der Waals surface area contributed by atoms with Crippen molar-refractivity contribution in [3.05, 3.63) is 29.5 Å². The van der Waals surface area contributed by atoms with Crippen molar-refractivity contribution in [3.8, 4) is 5.75 Å². The molecule has 1 saturated carbocycles. The summed E-state index contributed by atoms with van der Waals surface area (Å²) in [5.41, 5.74) is 2.87. The molecule has 6 heteroatoms. The van der Waals surface area contributed by atoms with Crippen molar-refractivity contribution in [2.45, 2.75) is 62.8 Å². The van der Waals surface area contributed by atoms with Gasteiger partial charge in [-0.05, 0) is 79.9 Å². The summed E-state index contributed by atoms with van der Waals surface area (Å²) in [6.45, 7) is 2.12. The van der Waals surface area contributed by atoms with Gasteiger partial charge in [-0.15, -0.1) is 0 Å². The number of aromatic amines is 1. The number of aromatic nitrogens is 1. The highest BCUT2D eigenvalue weighted by atomic mass is 32.1. The highest BCUT2D eigenvalue weighted by Gasteiger charge is 2.60. The van der Waals surface area contributed by atoms with Crippen LogP contribution in [0.2, 0.25) is 0 Å². The lowest BCUT2D eigenvalue weighted by atomic mass is 9.68. The average molecular weight is 457 g/mol. The third-order valence-electron chi connectivity index (χ3n) is 8.41. The van der Waals surface area contributed by atoms with Crippen LogP contribution in [0.15, 0.2) is 18.2 Å². The maximum absolute atomic E-state index is 13.8. The Kier molecular flexibility index (Phi) is 6.19. The first-order valence-corrected chi connectivity index (χ1v) is 12.9. The van der Waals surface area contributed by atoms with Gasteiger partial charge >= 0.3 is 5.97 Å². The molecule has 3 aliphatic heterocycles. The molecule has 1 aromatic heterocycles. The van der Waals surface area contributed by atoms with E-state index in [1.807, 2.05) is 6.07 Å². The molecule has 0 spiro atoms. The van der Waals surface area contributed by atoms with Crippen LogP contribution in [-0.4, -0.2) is 55.0 Å². The van der Waals surface area contributed by atoms with Crippen molar-refractivity contribution in [1.29, 1.82) is 0 Å². The van der Waals surface area contributed by atoms with Crippen molar-refractivity contribution in [2.75, 3.05) is 33.1 Å². The van der Waals surface area contributed by atoms with E-state index < -0.39 is 5.41 Å². The summed E-state index contributed by atoms with van der Waals surface area (Å²) in [6.07, 6.45) is 8.96. The summed E-state index contributed by atoms with van der Waals surface area (Å²) in [5, 5.41) is 1.19. The van der Waals surface area contributed by atoms with Crippen LogP contribution in [0.25, 0.3) is 10.9 Å². The van der Waals surface area contributed by atoms with Crippen molar-refractivity contribution < 1.29 is 14.3 Å². The second-order valence-electron chi connectivity index (χ2n) is 10.0. The number of unbranched alkanes of at least 4 members (excludes halogenated alkanes) is 2. The van der Waals surface area contributed by atoms with E-state index in [1.165, 1.54) is 43.1 Å². The SMILES string of the molecule is COC(=O)C12CCC3CC(CCCCCS)C1N(CCc1c2[nH]c2ccc(OC)cc12)C3. The minimum atomic E-state index is -0.619. The standard InChI is InChI=1S/C26H36N2O3S/c1-30-19-7-8-22-21(15-19)20-10-12-28-16-17-9-11-26(23(20)27-22,25(29)31-2)24(28)18(14-17)6-4-3-5-13-32/h7-8,15,17-18,24,27,32H,3-6,9-14,16H2,1-2H3. The molecular formula is C26H36N2O3S. The average Bonchev–Trinajstić information content (AvgIpc) is 2.92. The van der Waals surface area contributed by atoms with Gasteiger partial charge in [0.25, 0.3) is 0 Å². The van der Waals surface area contributed by atoms with Gasteiger partial charge in [0.1, 0.15) is 11.2 Å². The van der Waals surface area contributed by atoms with E-state index >= 15 is 0 Å². The van der Waals surface area contributed by atoms with Gasteiger partial charge in [0.2, 0.25) is 0 Å². The molecule has 0 radical (unpaired) electrons. The lowest BCUT2D eigenvalue weighted by Crippen LogP contribution is -2.59. The van der Waals surface area contributed by atoms with Gasteiger partial charge in [0, 0.05) is 35.7 Å². The monoisotopic (exact) mass is 456 g/mol. The number of nitrogens with one attached hydrogen (secondary N) is 1. The summed E-state index contributed by atoms with van der Waals surface area (Å²) in [7, 11) is 3.28. The number of esters is 1. The maximum Gasteiger partial charge on any atom is 0.319 e. The molecule has 4 bridgehead atoms. The number of rotatable bonds is 7. The fraction of sp³-hybridized carbons (Fsp3) is 0.654. The molecule has 2 aromatic rings. The number of thiol groups is 1. The lowest BCUT2D eigenvalue weighted by molar-refractivity contribution is -0.152. The van der Waals surface area contributed by atoms with E-state index in [1.54, 1.807) is 14.2 Å². The van der Waals surface area contributed by atoms with Gasteiger partial charge in [-0.25, -0.2) is 0 Å². The largest absolute Gasteiger partial charge is 0.497 e. The van der Waals surface area contributed by atoms with Crippen molar-refractivity contribution >= 4 is 29.5 Å². The molecule has 6 rings (SSSR count). The molecule has 0 amide bonds. The Balaban J connectivity index is 1.64. The first kappa shape index (κ1) is 22.1. The molecule has 4 aliphatic rings. The van der Waals surface area contributed by atoms with Gasteiger partial charge in [-0.2, -0.15) is 12.6 Å². The molecule has 174 valence electrons. The van der Waals surface area contributed by atoms with Crippen LogP contribution in [0.3, 0.4) is 0 Å². The van der Waals surface area contributed by atoms with Gasteiger partial charge in [-0.1, -0.05) is 12.8 Å². The molecular weight excluding hydrogens is 420 g/mol. The summed E-state index contributed by atoms with van der Waals surface area (Å²) in [5.74, 6) is 2.97. The van der Waals surface area contributed by atoms with E-state index in [-0.39, 0.29) is 12.0 Å². The van der Waals surface area contributed by atoms with Crippen molar-refractivity contribution in [1.82, 2.24) is 9.88 Å². The number of benzene rings is 1. The highest BCUT2D eigenvalue weighted by Crippen LogP contribution is 2.53. The zero-order chi connectivity index (χ0) is 22.3. The smallest absolute Gasteiger partial charge is 0.319 e. The summed E-state index contributed by atoms with van der Waals surface area (Å²) in [6, 6.07) is 6.42. The Hall–Kier alpha value is -1.66. The number of hydrogen-bond donors (Lipinski definition) is 2. The minimum absolute atomic E-state index is 0.0583. The van der Waals surface area contributed by atoms with Crippen LogP contribution < -0.4 is 4.74 Å². The zero-order valence-electron chi connectivity index (χ0n) is 19.4. The maximum atomic E-state index is 13.8. The van der Waals surface area contributed by atoms with Gasteiger partial charge in [0.05, 0.1) is 14.2 Å². The fourth-order valence-corrected chi connectivity index (χ4v) is 7.33. The van der Waals surface area contributed by atoms with Crippen LogP contribution in [0.4, 0.5) is 0 Å². The molecule has 2 saturated heterocycles. The van der Waals surface area contributed by atoms with Crippen LogP contribution >= 0.6 is 12.6 Å². The van der Waals surface area contributed by atoms with Crippen molar-refractivity contribution in [2.24, 2.45) is 11.8 Å². The molecule has 5 nitrogen and oxygen atoms in total. The quantitative estimate of drug-likeness (QED) is 0.359. The number of ether oxygens (including phenoxy) is 2. The predicted molar refractivity (Wildman–Crippen MR) is 131 cm³/mol. The highest BCUT2D eigenvalue weighted by molar-refractivity contribution is 7.80. The number of fused-ring (bicyclic) bond motifs is 5. The van der Waals surface area contributed by atoms with Crippen LogP contribution in [0.5, 0.6) is 5.75 Å². The third-order valence-corrected chi connectivity index (χ3v) is 8.73. The third kappa shape index (κ3) is 3.45. The molecule has 1 aromatic carbocycles. The van der Waals surface area contributed by atoms with Crippen LogP contribution in [0.1, 0.15) is 56.2 Å². The van der Waals surface area contributed by atoms with Gasteiger partial charge in [-0.3, -0.25) is 9.69 Å². The molecule has 1 aliphatic carbocycles. The molecule has 4 heterocycles. The lowest BCUT2D eigenvalue weighted by Gasteiger charge is -2.48. The fourth-order valence-electron chi connectivity index (χ4n) is 7.11. The number of carbonyl (C=O) groups excluding carboxylic acids is 1. The van der Waals surface area contributed by atoms with Crippen molar-refractivity contribution in [3.63, 3.8) is 0 Å². The Morgan fingerprint density at radius 1 is 1.28 bits per heavy atom. The normalized spacial score (nSPS) is 31.1. The van der Waals surface area contributed by atoms with E-state index in [0.717, 1.165) is 55.1 Å². The zero-order valence-corrected chi connectivity index (χ0v) is 20.3. The second-order valence-corrected chi connectivity index (χ2v) is 10.5. The topological polar surface area (TPSA) is 54.6 Å². The molecule has 5 unspecified atom stereocenters. The molecule has 3 fully saturated rings. The Labute approximate surface area is 196 Å². The first-order chi connectivity index (χ1) is 15.6. The predicted octanol–water partition coefficient (Wildman–Crippen LogP) is 4.73. The van der Waals surface area contributed by atoms with E-state index in [4.69, 9.17) is 9.47 Å². The number of carbonyl (C=O) groups is 1. The van der Waals surface area contributed by atoms with E-state index in [2.05, 4.69) is 34.6 Å². The first-order valence-electron chi connectivity index (χ1n) is 12.2. The van der Waals surface area contributed by atoms with Crippen LogP contribution in [0, 0.1) is 11.8 Å². The minimum Gasteiger partial charge on any atom is -0.497 e. The number of piperidine rings is 1. The van der Waals surface area contributed by atoms with E-state index in [9.17, 15) is 4.79 Å². The Morgan fingerprint density at radius 2 is 2.16 bits per heavy atom. The Bertz CT molecular complexity index is 989. The van der Waals surface area contributed by atoms with Gasteiger partial charge < -0.3 is 14.5 Å². The van der Waals surface area contributed by atoms with Gasteiger partial charge in [0.15, 0.2) is 0 Å². The van der Waals surface area contributed by atoms with Crippen LogP contribution in [-0.2, 0) is 21.4 Å². The summed E-state index contributed by atoms with van der Waals surface area (Å²) >= 11 is 4.39. The summed E-state index contributed by atoms with van der Waals surface area (Å²) < 4.78 is 11.1. The number of nitrogens with zero attached hydrogens (tertiary/aromatic N) is 1. The second kappa shape index (κ2) is 8.94. The Morgan fingerprint density at radius 3 is 2.94 bits per heavy atom. The molecule has 1 N–H and O–H groups in total. The molecule has 32 heavy (non-hydrogen) atoms. The number of H-pyrrole nitrogens is 1.